The molecule has 0 aliphatic rings. The van der Waals surface area contributed by atoms with Gasteiger partial charge in [-0.3, -0.25) is 4.90 Å². The Morgan fingerprint density at radius 2 is 1.89 bits per heavy atom. The Morgan fingerprint density at radius 3 is 2.50 bits per heavy atom. The fourth-order valence-corrected chi connectivity index (χ4v) is 1.87. The Hall–Kier alpha value is -1.65. The smallest absolute Gasteiger partial charge is 0.123 e. The second kappa shape index (κ2) is 6.33. The first-order valence-electron chi connectivity index (χ1n) is 5.97. The van der Waals surface area contributed by atoms with Gasteiger partial charge in [0.2, 0.25) is 0 Å². The lowest BCUT2D eigenvalue weighted by atomic mass is 10.2. The second-order valence-corrected chi connectivity index (χ2v) is 4.21. The van der Waals surface area contributed by atoms with Gasteiger partial charge in [-0.1, -0.05) is 12.1 Å². The van der Waals surface area contributed by atoms with Gasteiger partial charge < -0.3 is 10.2 Å². The lowest BCUT2D eigenvalue weighted by molar-refractivity contribution is 0.242. The predicted molar refractivity (Wildman–Crippen MR) is 68.3 cm³/mol. The highest BCUT2D eigenvalue weighted by atomic mass is 19.1. The predicted octanol–water partition coefficient (Wildman–Crippen LogP) is 2.38. The molecular formula is C14H17FN2O. The molecule has 0 aliphatic heterocycles. The molecule has 18 heavy (non-hydrogen) atoms. The largest absolute Gasteiger partial charge is 0.468 e. The van der Waals surface area contributed by atoms with E-state index in [0.717, 1.165) is 24.4 Å². The summed E-state index contributed by atoms with van der Waals surface area (Å²) >= 11 is 0. The van der Waals surface area contributed by atoms with Crippen LogP contribution in [0.4, 0.5) is 4.39 Å². The molecule has 3 nitrogen and oxygen atoms in total. The minimum atomic E-state index is -0.213. The molecule has 0 bridgehead atoms. The number of benzene rings is 1. The van der Waals surface area contributed by atoms with Crippen molar-refractivity contribution in [2.24, 2.45) is 5.73 Å². The van der Waals surface area contributed by atoms with Crippen LogP contribution < -0.4 is 5.73 Å². The standard InChI is InChI=1S/C14H17FN2O/c15-13-5-3-12(4-6-13)10-17(8-7-16)11-14-2-1-9-18-14/h1-6,9H,7-8,10-11,16H2. The van der Waals surface area contributed by atoms with E-state index in [4.69, 9.17) is 10.2 Å². The van der Waals surface area contributed by atoms with E-state index in [1.807, 2.05) is 12.1 Å². The molecule has 96 valence electrons. The molecule has 0 fully saturated rings. The number of nitrogens with two attached hydrogens (primary N) is 1. The fraction of sp³-hybridized carbons (Fsp3) is 0.286. The van der Waals surface area contributed by atoms with Crippen molar-refractivity contribution in [3.63, 3.8) is 0 Å². The minimum Gasteiger partial charge on any atom is -0.468 e. The van der Waals surface area contributed by atoms with E-state index in [1.165, 1.54) is 12.1 Å². The maximum atomic E-state index is 12.8. The maximum absolute atomic E-state index is 12.8. The summed E-state index contributed by atoms with van der Waals surface area (Å²) in [5.41, 5.74) is 6.67. The number of furan rings is 1. The number of hydrogen-bond acceptors (Lipinski definition) is 3. The molecule has 0 saturated carbocycles. The third kappa shape index (κ3) is 3.68. The zero-order chi connectivity index (χ0) is 12.8. The van der Waals surface area contributed by atoms with E-state index in [-0.39, 0.29) is 5.82 Å². The highest BCUT2D eigenvalue weighted by molar-refractivity contribution is 5.16. The SMILES string of the molecule is NCCN(Cc1ccc(F)cc1)Cc1ccco1. The van der Waals surface area contributed by atoms with Crippen LogP contribution in [0.1, 0.15) is 11.3 Å². The molecule has 0 saturated heterocycles. The first-order chi connectivity index (χ1) is 8.78. The number of halogens is 1. The van der Waals surface area contributed by atoms with Crippen molar-refractivity contribution in [1.82, 2.24) is 4.90 Å². The number of rotatable bonds is 6. The molecule has 0 atom stereocenters. The molecule has 0 spiro atoms. The van der Waals surface area contributed by atoms with Gasteiger partial charge in [0.05, 0.1) is 12.8 Å². The molecular weight excluding hydrogens is 231 g/mol. The maximum Gasteiger partial charge on any atom is 0.123 e. The zero-order valence-corrected chi connectivity index (χ0v) is 10.2. The summed E-state index contributed by atoms with van der Waals surface area (Å²) in [5, 5.41) is 0. The molecule has 1 aromatic carbocycles. The van der Waals surface area contributed by atoms with E-state index < -0.39 is 0 Å². The van der Waals surface area contributed by atoms with Crippen LogP contribution >= 0.6 is 0 Å². The van der Waals surface area contributed by atoms with Gasteiger partial charge in [-0.2, -0.15) is 0 Å². The Kier molecular flexibility index (Phi) is 4.50. The first-order valence-corrected chi connectivity index (χ1v) is 5.97. The summed E-state index contributed by atoms with van der Waals surface area (Å²) in [6.07, 6.45) is 1.66. The van der Waals surface area contributed by atoms with Gasteiger partial charge in [-0.25, -0.2) is 4.39 Å². The Morgan fingerprint density at radius 1 is 1.11 bits per heavy atom. The normalized spacial score (nSPS) is 11.1. The molecule has 0 radical (unpaired) electrons. The molecule has 0 aliphatic carbocycles. The van der Waals surface area contributed by atoms with Crippen molar-refractivity contribution < 1.29 is 8.81 Å². The van der Waals surface area contributed by atoms with Crippen molar-refractivity contribution >= 4 is 0 Å². The van der Waals surface area contributed by atoms with E-state index in [0.29, 0.717) is 13.1 Å². The van der Waals surface area contributed by atoms with Crippen LogP contribution in [0.3, 0.4) is 0 Å². The summed E-state index contributed by atoms with van der Waals surface area (Å²) in [7, 11) is 0. The quantitative estimate of drug-likeness (QED) is 0.853. The second-order valence-electron chi connectivity index (χ2n) is 4.21. The average Bonchev–Trinajstić information content (AvgIpc) is 2.85. The van der Waals surface area contributed by atoms with Crippen molar-refractivity contribution in [3.8, 4) is 0 Å². The Bertz CT molecular complexity index is 453. The molecule has 4 heteroatoms. The van der Waals surface area contributed by atoms with Gasteiger partial charge >= 0.3 is 0 Å². The van der Waals surface area contributed by atoms with Crippen molar-refractivity contribution in [2.75, 3.05) is 13.1 Å². The van der Waals surface area contributed by atoms with Gasteiger partial charge in [0.1, 0.15) is 11.6 Å². The van der Waals surface area contributed by atoms with Crippen LogP contribution in [0.2, 0.25) is 0 Å². The summed E-state index contributed by atoms with van der Waals surface area (Å²) in [6, 6.07) is 10.3. The lowest BCUT2D eigenvalue weighted by Crippen LogP contribution is -2.28. The van der Waals surface area contributed by atoms with E-state index in [9.17, 15) is 4.39 Å². The van der Waals surface area contributed by atoms with Gasteiger partial charge in [-0.15, -0.1) is 0 Å². The Labute approximate surface area is 106 Å². The zero-order valence-electron chi connectivity index (χ0n) is 10.2. The molecule has 0 amide bonds. The van der Waals surface area contributed by atoms with Crippen LogP contribution in [0.5, 0.6) is 0 Å². The van der Waals surface area contributed by atoms with Crippen LogP contribution in [-0.2, 0) is 13.1 Å². The van der Waals surface area contributed by atoms with Crippen LogP contribution in [-0.4, -0.2) is 18.0 Å². The lowest BCUT2D eigenvalue weighted by Gasteiger charge is -2.20. The minimum absolute atomic E-state index is 0.213. The van der Waals surface area contributed by atoms with Crippen LogP contribution in [0.15, 0.2) is 47.1 Å². The van der Waals surface area contributed by atoms with Crippen LogP contribution in [0.25, 0.3) is 0 Å². The highest BCUT2D eigenvalue weighted by Gasteiger charge is 2.08. The molecule has 2 N–H and O–H groups in total. The third-order valence-electron chi connectivity index (χ3n) is 2.72. The van der Waals surface area contributed by atoms with Crippen LogP contribution in [0, 0.1) is 5.82 Å². The summed E-state index contributed by atoms with van der Waals surface area (Å²) in [6.45, 7) is 2.81. The van der Waals surface area contributed by atoms with E-state index in [1.54, 1.807) is 18.4 Å². The fourth-order valence-electron chi connectivity index (χ4n) is 1.87. The van der Waals surface area contributed by atoms with E-state index in [2.05, 4.69) is 4.90 Å². The van der Waals surface area contributed by atoms with Gasteiger partial charge in [-0.05, 0) is 29.8 Å². The van der Waals surface area contributed by atoms with Gasteiger partial charge in [0.25, 0.3) is 0 Å². The topological polar surface area (TPSA) is 42.4 Å². The first kappa shape index (κ1) is 12.8. The summed E-state index contributed by atoms with van der Waals surface area (Å²) in [5.74, 6) is 0.695. The van der Waals surface area contributed by atoms with Gasteiger partial charge in [0.15, 0.2) is 0 Å². The van der Waals surface area contributed by atoms with Gasteiger partial charge in [0, 0.05) is 19.6 Å². The van der Waals surface area contributed by atoms with Crippen molar-refractivity contribution in [2.45, 2.75) is 13.1 Å². The summed E-state index contributed by atoms with van der Waals surface area (Å²) < 4.78 is 18.2. The highest BCUT2D eigenvalue weighted by Crippen LogP contribution is 2.10. The average molecular weight is 248 g/mol. The molecule has 2 rings (SSSR count). The monoisotopic (exact) mass is 248 g/mol. The Balaban J connectivity index is 1.99. The van der Waals surface area contributed by atoms with Crippen molar-refractivity contribution in [1.29, 1.82) is 0 Å². The molecule has 1 heterocycles. The molecule has 2 aromatic rings. The molecule has 0 unspecified atom stereocenters. The number of hydrogen-bond donors (Lipinski definition) is 1. The van der Waals surface area contributed by atoms with Crippen molar-refractivity contribution in [3.05, 3.63) is 59.8 Å². The third-order valence-corrected chi connectivity index (χ3v) is 2.72. The van der Waals surface area contributed by atoms with E-state index >= 15 is 0 Å². The molecule has 1 aromatic heterocycles. The summed E-state index contributed by atoms with van der Waals surface area (Å²) in [4.78, 5) is 2.17. The number of nitrogens with zero attached hydrogens (tertiary/aromatic N) is 1.